The lowest BCUT2D eigenvalue weighted by Gasteiger charge is -2.26. The minimum Gasteiger partial charge on any atom is -0.396 e. The van der Waals surface area contributed by atoms with Gasteiger partial charge in [-0.1, -0.05) is 13.8 Å². The van der Waals surface area contributed by atoms with Crippen LogP contribution in [0.4, 0.5) is 0 Å². The standard InChI is InChI=1S/C13H27NO4/c1-11(2)7-14-5-3-4-12(18)6-13(8-15,9-16)10-17/h11,14-17H,3-10H2,1-2H3. The molecular formula is C13H27NO4. The molecule has 0 atom stereocenters. The third-order valence-corrected chi connectivity index (χ3v) is 2.94. The first-order valence-corrected chi connectivity index (χ1v) is 6.54. The second-order valence-corrected chi connectivity index (χ2v) is 5.39. The summed E-state index contributed by atoms with van der Waals surface area (Å²) in [5, 5.41) is 30.6. The van der Waals surface area contributed by atoms with E-state index in [0.717, 1.165) is 19.5 Å². The lowest BCUT2D eigenvalue weighted by Crippen LogP contribution is -2.36. The average molecular weight is 261 g/mol. The van der Waals surface area contributed by atoms with Gasteiger partial charge in [0.25, 0.3) is 0 Å². The van der Waals surface area contributed by atoms with Gasteiger partial charge in [-0.05, 0) is 25.4 Å². The van der Waals surface area contributed by atoms with Gasteiger partial charge >= 0.3 is 0 Å². The number of hydrogen-bond donors (Lipinski definition) is 4. The van der Waals surface area contributed by atoms with Gasteiger partial charge in [-0.2, -0.15) is 0 Å². The predicted molar refractivity (Wildman–Crippen MR) is 70.3 cm³/mol. The van der Waals surface area contributed by atoms with Crippen LogP contribution in [0.5, 0.6) is 0 Å². The highest BCUT2D eigenvalue weighted by Gasteiger charge is 2.30. The summed E-state index contributed by atoms with van der Waals surface area (Å²) in [6.45, 7) is 4.83. The summed E-state index contributed by atoms with van der Waals surface area (Å²) in [5.74, 6) is 0.560. The van der Waals surface area contributed by atoms with Gasteiger partial charge in [-0.25, -0.2) is 0 Å². The molecule has 108 valence electrons. The second kappa shape index (κ2) is 9.44. The van der Waals surface area contributed by atoms with Crippen molar-refractivity contribution in [1.29, 1.82) is 0 Å². The van der Waals surface area contributed by atoms with Crippen LogP contribution >= 0.6 is 0 Å². The monoisotopic (exact) mass is 261 g/mol. The maximum atomic E-state index is 11.7. The van der Waals surface area contributed by atoms with Gasteiger partial charge in [0.1, 0.15) is 5.78 Å². The Kier molecular flexibility index (Phi) is 9.18. The van der Waals surface area contributed by atoms with E-state index >= 15 is 0 Å². The van der Waals surface area contributed by atoms with Gasteiger partial charge in [-0.3, -0.25) is 4.79 Å². The van der Waals surface area contributed by atoms with Crippen molar-refractivity contribution in [3.05, 3.63) is 0 Å². The zero-order chi connectivity index (χ0) is 14.0. The molecule has 0 heterocycles. The third-order valence-electron chi connectivity index (χ3n) is 2.94. The van der Waals surface area contributed by atoms with E-state index in [2.05, 4.69) is 19.2 Å². The van der Waals surface area contributed by atoms with Crippen LogP contribution in [-0.4, -0.2) is 54.0 Å². The highest BCUT2D eigenvalue weighted by molar-refractivity contribution is 5.79. The summed E-state index contributed by atoms with van der Waals surface area (Å²) >= 11 is 0. The van der Waals surface area contributed by atoms with E-state index in [9.17, 15) is 4.79 Å². The molecule has 0 saturated heterocycles. The van der Waals surface area contributed by atoms with Gasteiger partial charge in [0.2, 0.25) is 0 Å². The Balaban J connectivity index is 3.82. The topological polar surface area (TPSA) is 89.8 Å². The Morgan fingerprint density at radius 1 is 1.17 bits per heavy atom. The average Bonchev–Trinajstić information content (AvgIpc) is 2.35. The first-order valence-electron chi connectivity index (χ1n) is 6.54. The summed E-state index contributed by atoms with van der Waals surface area (Å²) in [5.41, 5.74) is -1.07. The lowest BCUT2D eigenvalue weighted by atomic mass is 9.84. The van der Waals surface area contributed by atoms with E-state index in [4.69, 9.17) is 15.3 Å². The molecular weight excluding hydrogens is 234 g/mol. The van der Waals surface area contributed by atoms with Crippen molar-refractivity contribution in [2.24, 2.45) is 11.3 Å². The summed E-state index contributed by atoms with van der Waals surface area (Å²) in [4.78, 5) is 11.7. The predicted octanol–water partition coefficient (Wildman–Crippen LogP) is -0.0653. The van der Waals surface area contributed by atoms with Crippen LogP contribution in [-0.2, 0) is 4.79 Å². The Morgan fingerprint density at radius 3 is 2.17 bits per heavy atom. The molecule has 0 amide bonds. The normalized spacial score (nSPS) is 12.1. The molecule has 0 aromatic heterocycles. The summed E-state index contributed by atoms with van der Waals surface area (Å²) in [7, 11) is 0. The first-order chi connectivity index (χ1) is 8.49. The molecule has 0 aliphatic rings. The largest absolute Gasteiger partial charge is 0.396 e. The van der Waals surface area contributed by atoms with E-state index in [1.54, 1.807) is 0 Å². The smallest absolute Gasteiger partial charge is 0.133 e. The lowest BCUT2D eigenvalue weighted by molar-refractivity contribution is -0.124. The molecule has 0 bridgehead atoms. The molecule has 0 aromatic rings. The van der Waals surface area contributed by atoms with Crippen molar-refractivity contribution in [3.63, 3.8) is 0 Å². The molecule has 0 saturated carbocycles. The minimum absolute atomic E-state index is 0.0285. The summed E-state index contributed by atoms with van der Waals surface area (Å²) in [6, 6.07) is 0. The Labute approximate surface area is 109 Å². The third kappa shape index (κ3) is 7.06. The molecule has 0 aromatic carbocycles. The number of aliphatic hydroxyl groups is 3. The molecule has 0 aliphatic carbocycles. The van der Waals surface area contributed by atoms with Crippen LogP contribution in [0.2, 0.25) is 0 Å². The molecule has 0 aliphatic heterocycles. The molecule has 0 rings (SSSR count). The van der Waals surface area contributed by atoms with E-state index in [-0.39, 0.29) is 32.0 Å². The maximum absolute atomic E-state index is 11.7. The van der Waals surface area contributed by atoms with Crippen molar-refractivity contribution in [2.45, 2.75) is 33.1 Å². The van der Waals surface area contributed by atoms with Crippen molar-refractivity contribution in [3.8, 4) is 0 Å². The number of rotatable bonds is 11. The van der Waals surface area contributed by atoms with E-state index < -0.39 is 5.41 Å². The highest BCUT2D eigenvalue weighted by atomic mass is 16.3. The van der Waals surface area contributed by atoms with Crippen LogP contribution in [0.25, 0.3) is 0 Å². The van der Waals surface area contributed by atoms with E-state index in [1.165, 1.54) is 0 Å². The molecule has 4 N–H and O–H groups in total. The quantitative estimate of drug-likeness (QED) is 0.391. The number of aliphatic hydroxyl groups excluding tert-OH is 3. The number of hydrogen-bond acceptors (Lipinski definition) is 5. The van der Waals surface area contributed by atoms with Crippen molar-refractivity contribution in [2.75, 3.05) is 32.9 Å². The zero-order valence-corrected chi connectivity index (χ0v) is 11.5. The number of carbonyl (C=O) groups is 1. The number of Topliss-reactive ketones (excluding diaryl/α,β-unsaturated/α-hetero) is 1. The fourth-order valence-electron chi connectivity index (χ4n) is 1.63. The van der Waals surface area contributed by atoms with E-state index in [0.29, 0.717) is 12.3 Å². The van der Waals surface area contributed by atoms with Crippen molar-refractivity contribution in [1.82, 2.24) is 5.32 Å². The number of ketones is 1. The summed E-state index contributed by atoms with van der Waals surface area (Å²) in [6.07, 6.45) is 1.18. The van der Waals surface area contributed by atoms with Crippen molar-refractivity contribution >= 4 is 5.78 Å². The van der Waals surface area contributed by atoms with Crippen LogP contribution in [0.15, 0.2) is 0 Å². The number of carbonyl (C=O) groups excluding carboxylic acids is 1. The second-order valence-electron chi connectivity index (χ2n) is 5.39. The molecule has 0 spiro atoms. The molecule has 5 heteroatoms. The fraction of sp³-hybridized carbons (Fsp3) is 0.923. The molecule has 0 fully saturated rings. The zero-order valence-electron chi connectivity index (χ0n) is 11.5. The van der Waals surface area contributed by atoms with E-state index in [1.807, 2.05) is 0 Å². The first kappa shape index (κ1) is 17.5. The molecule has 5 nitrogen and oxygen atoms in total. The number of nitrogens with one attached hydrogen (secondary N) is 1. The van der Waals surface area contributed by atoms with Gasteiger partial charge in [-0.15, -0.1) is 0 Å². The van der Waals surface area contributed by atoms with Crippen LogP contribution < -0.4 is 5.32 Å². The SMILES string of the molecule is CC(C)CNCCCC(=O)CC(CO)(CO)CO. The van der Waals surface area contributed by atoms with Gasteiger partial charge in [0.05, 0.1) is 19.8 Å². The Bertz CT molecular complexity index is 219. The Hall–Kier alpha value is -0.490. The molecule has 18 heavy (non-hydrogen) atoms. The van der Waals surface area contributed by atoms with Gasteiger partial charge in [0.15, 0.2) is 0 Å². The summed E-state index contributed by atoms with van der Waals surface area (Å²) < 4.78 is 0. The molecule has 0 unspecified atom stereocenters. The van der Waals surface area contributed by atoms with Crippen LogP contribution in [0.1, 0.15) is 33.1 Å². The highest BCUT2D eigenvalue weighted by Crippen LogP contribution is 2.21. The van der Waals surface area contributed by atoms with Crippen LogP contribution in [0, 0.1) is 11.3 Å². The minimum atomic E-state index is -1.07. The maximum Gasteiger partial charge on any atom is 0.133 e. The van der Waals surface area contributed by atoms with Gasteiger partial charge < -0.3 is 20.6 Å². The Morgan fingerprint density at radius 2 is 1.72 bits per heavy atom. The van der Waals surface area contributed by atoms with Crippen LogP contribution in [0.3, 0.4) is 0 Å². The van der Waals surface area contributed by atoms with Crippen molar-refractivity contribution < 1.29 is 20.1 Å². The van der Waals surface area contributed by atoms with Gasteiger partial charge in [0, 0.05) is 18.3 Å². The fourth-order valence-corrected chi connectivity index (χ4v) is 1.63. The molecule has 0 radical (unpaired) electrons.